The van der Waals surface area contributed by atoms with Gasteiger partial charge in [-0.2, -0.15) is 13.2 Å². The zero-order chi connectivity index (χ0) is 21.0. The largest absolute Gasteiger partial charge is 0.487 e. The van der Waals surface area contributed by atoms with Gasteiger partial charge in [0.1, 0.15) is 18.2 Å². The Balaban J connectivity index is 1.67. The van der Waals surface area contributed by atoms with Gasteiger partial charge in [-0.1, -0.05) is 35.9 Å². The second-order valence-electron chi connectivity index (χ2n) is 6.06. The molecule has 0 heterocycles. The molecule has 0 radical (unpaired) electrons. The van der Waals surface area contributed by atoms with E-state index < -0.39 is 29.2 Å². The molecule has 3 nitrogen and oxygen atoms in total. The number of amides is 1. The molecule has 0 bridgehead atoms. The fraction of sp³-hybridized carbons (Fsp3) is 0.0952. The number of hydrogen-bond acceptors (Lipinski definition) is 2. The van der Waals surface area contributed by atoms with E-state index >= 15 is 0 Å². The molecule has 1 amide bonds. The van der Waals surface area contributed by atoms with E-state index in [2.05, 4.69) is 5.32 Å². The molecule has 0 aromatic heterocycles. The molecule has 0 aliphatic heterocycles. The maximum atomic E-state index is 13.8. The lowest BCUT2D eigenvalue weighted by molar-refractivity contribution is -0.137. The van der Waals surface area contributed by atoms with Crippen molar-refractivity contribution in [3.8, 4) is 5.75 Å². The fourth-order valence-corrected chi connectivity index (χ4v) is 2.66. The minimum atomic E-state index is -4.64. The number of halogens is 5. The smallest absolute Gasteiger partial charge is 0.416 e. The van der Waals surface area contributed by atoms with Gasteiger partial charge in [-0.15, -0.1) is 0 Å². The molecule has 1 N–H and O–H groups in total. The van der Waals surface area contributed by atoms with Crippen LogP contribution in [0.5, 0.6) is 5.75 Å². The summed E-state index contributed by atoms with van der Waals surface area (Å²) in [5.74, 6) is -1.19. The number of anilines is 1. The van der Waals surface area contributed by atoms with Crippen molar-refractivity contribution in [2.24, 2.45) is 0 Å². The Morgan fingerprint density at radius 2 is 1.69 bits per heavy atom. The van der Waals surface area contributed by atoms with Crippen molar-refractivity contribution in [2.45, 2.75) is 12.8 Å². The average molecular weight is 424 g/mol. The van der Waals surface area contributed by atoms with Crippen LogP contribution in [0.1, 0.15) is 21.5 Å². The third-order valence-corrected chi connectivity index (χ3v) is 4.30. The molecular weight excluding hydrogens is 410 g/mol. The maximum absolute atomic E-state index is 13.8. The number of hydrogen-bond donors (Lipinski definition) is 1. The van der Waals surface area contributed by atoms with Gasteiger partial charge >= 0.3 is 6.18 Å². The third-order valence-electron chi connectivity index (χ3n) is 3.99. The van der Waals surface area contributed by atoms with Crippen molar-refractivity contribution in [3.63, 3.8) is 0 Å². The van der Waals surface area contributed by atoms with Crippen LogP contribution in [0.4, 0.5) is 23.2 Å². The molecule has 3 aromatic rings. The lowest BCUT2D eigenvalue weighted by atomic mass is 10.1. The molecular formula is C21H14ClF4NO2. The first-order valence-corrected chi connectivity index (χ1v) is 8.76. The minimum absolute atomic E-state index is 0.156. The van der Waals surface area contributed by atoms with Crippen molar-refractivity contribution in [2.75, 3.05) is 5.32 Å². The van der Waals surface area contributed by atoms with E-state index in [-0.39, 0.29) is 12.2 Å². The van der Waals surface area contributed by atoms with Gasteiger partial charge in [0, 0.05) is 5.56 Å². The van der Waals surface area contributed by atoms with Gasteiger partial charge in [-0.25, -0.2) is 4.39 Å². The molecule has 0 atom stereocenters. The molecule has 8 heteroatoms. The number of alkyl halides is 3. The molecule has 150 valence electrons. The molecule has 29 heavy (non-hydrogen) atoms. The second-order valence-corrected chi connectivity index (χ2v) is 6.47. The van der Waals surface area contributed by atoms with Crippen molar-refractivity contribution in [3.05, 3.63) is 94.3 Å². The number of nitrogens with one attached hydrogen (secondary N) is 1. The van der Waals surface area contributed by atoms with Crippen LogP contribution in [-0.2, 0) is 12.8 Å². The summed E-state index contributed by atoms with van der Waals surface area (Å²) in [6, 6.07) is 15.0. The first kappa shape index (κ1) is 20.7. The van der Waals surface area contributed by atoms with Crippen molar-refractivity contribution in [1.82, 2.24) is 0 Å². The summed E-state index contributed by atoms with van der Waals surface area (Å²) >= 11 is 6.01. The van der Waals surface area contributed by atoms with Crippen molar-refractivity contribution in [1.29, 1.82) is 0 Å². The van der Waals surface area contributed by atoms with Gasteiger partial charge in [-0.3, -0.25) is 4.79 Å². The molecule has 0 fully saturated rings. The SMILES string of the molecule is O=C(Nc1cc(C(F)(F)F)ccc1F)c1ccc(COc2ccccc2Cl)cc1. The number of benzene rings is 3. The van der Waals surface area contributed by atoms with Crippen LogP contribution in [0, 0.1) is 5.82 Å². The first-order chi connectivity index (χ1) is 13.7. The van der Waals surface area contributed by atoms with E-state index in [0.29, 0.717) is 29.0 Å². The lowest BCUT2D eigenvalue weighted by Crippen LogP contribution is -2.14. The number of ether oxygens (including phenoxy) is 1. The Labute approximate surface area is 168 Å². The van der Waals surface area contributed by atoms with Crippen LogP contribution in [0.3, 0.4) is 0 Å². The normalized spacial score (nSPS) is 11.2. The molecule has 3 rings (SSSR count). The van der Waals surface area contributed by atoms with E-state index in [1.807, 2.05) is 0 Å². The number of carbonyl (C=O) groups is 1. The second kappa shape index (κ2) is 8.53. The third kappa shape index (κ3) is 5.26. The van der Waals surface area contributed by atoms with Crippen LogP contribution in [0.25, 0.3) is 0 Å². The summed E-state index contributed by atoms with van der Waals surface area (Å²) in [6.07, 6.45) is -4.64. The summed E-state index contributed by atoms with van der Waals surface area (Å²) in [5, 5.41) is 2.63. The number of rotatable bonds is 5. The van der Waals surface area contributed by atoms with Gasteiger partial charge in [0.15, 0.2) is 0 Å². The highest BCUT2D eigenvalue weighted by molar-refractivity contribution is 6.32. The van der Waals surface area contributed by atoms with Crippen LogP contribution in [-0.4, -0.2) is 5.91 Å². The zero-order valence-corrected chi connectivity index (χ0v) is 15.5. The molecule has 0 unspecified atom stereocenters. The Kier molecular flexibility index (Phi) is 6.08. The van der Waals surface area contributed by atoms with Crippen LogP contribution >= 0.6 is 11.6 Å². The minimum Gasteiger partial charge on any atom is -0.487 e. The van der Waals surface area contributed by atoms with Gasteiger partial charge in [0.2, 0.25) is 0 Å². The van der Waals surface area contributed by atoms with Crippen LogP contribution in [0.2, 0.25) is 5.02 Å². The van der Waals surface area contributed by atoms with Crippen molar-refractivity contribution >= 4 is 23.2 Å². The summed E-state index contributed by atoms with van der Waals surface area (Å²) < 4.78 is 57.7. The van der Waals surface area contributed by atoms with E-state index in [4.69, 9.17) is 16.3 Å². The standard InChI is InChI=1S/C21H14ClF4NO2/c22-16-3-1-2-4-19(16)29-12-13-5-7-14(8-6-13)20(28)27-18-11-15(21(24,25)26)9-10-17(18)23/h1-11H,12H2,(H,27,28). The summed E-state index contributed by atoms with van der Waals surface area (Å²) in [7, 11) is 0. The summed E-state index contributed by atoms with van der Waals surface area (Å²) in [5.41, 5.74) is -0.702. The molecule has 0 aliphatic rings. The summed E-state index contributed by atoms with van der Waals surface area (Å²) in [6.45, 7) is 0.202. The molecule has 0 aliphatic carbocycles. The predicted molar refractivity (Wildman–Crippen MR) is 102 cm³/mol. The Morgan fingerprint density at radius 1 is 1.00 bits per heavy atom. The van der Waals surface area contributed by atoms with Crippen LogP contribution in [0.15, 0.2) is 66.7 Å². The van der Waals surface area contributed by atoms with E-state index in [9.17, 15) is 22.4 Å². The zero-order valence-electron chi connectivity index (χ0n) is 14.8. The monoisotopic (exact) mass is 423 g/mol. The van der Waals surface area contributed by atoms with E-state index in [0.717, 1.165) is 5.56 Å². The highest BCUT2D eigenvalue weighted by atomic mass is 35.5. The Morgan fingerprint density at radius 3 is 2.34 bits per heavy atom. The highest BCUT2D eigenvalue weighted by Crippen LogP contribution is 2.32. The number of carbonyl (C=O) groups excluding carboxylic acids is 1. The van der Waals surface area contributed by atoms with Crippen molar-refractivity contribution < 1.29 is 27.1 Å². The molecule has 0 saturated carbocycles. The molecule has 0 saturated heterocycles. The van der Waals surface area contributed by atoms with E-state index in [1.54, 1.807) is 36.4 Å². The predicted octanol–water partition coefficient (Wildman–Crippen LogP) is 6.33. The van der Waals surface area contributed by atoms with Gasteiger partial charge in [0.05, 0.1) is 16.3 Å². The summed E-state index contributed by atoms with van der Waals surface area (Å²) in [4.78, 5) is 12.3. The Bertz CT molecular complexity index is 1020. The number of para-hydroxylation sites is 1. The fourth-order valence-electron chi connectivity index (χ4n) is 2.47. The molecule has 0 spiro atoms. The average Bonchev–Trinajstić information content (AvgIpc) is 2.68. The first-order valence-electron chi connectivity index (χ1n) is 8.38. The topological polar surface area (TPSA) is 38.3 Å². The Hall–Kier alpha value is -3.06. The maximum Gasteiger partial charge on any atom is 0.416 e. The van der Waals surface area contributed by atoms with Crippen LogP contribution < -0.4 is 10.1 Å². The highest BCUT2D eigenvalue weighted by Gasteiger charge is 2.31. The lowest BCUT2D eigenvalue weighted by Gasteiger charge is -2.11. The van der Waals surface area contributed by atoms with E-state index in [1.165, 1.54) is 12.1 Å². The van der Waals surface area contributed by atoms with Gasteiger partial charge in [0.25, 0.3) is 5.91 Å². The quantitative estimate of drug-likeness (QED) is 0.487. The van der Waals surface area contributed by atoms with Gasteiger partial charge in [-0.05, 0) is 48.0 Å². The molecule has 3 aromatic carbocycles. The van der Waals surface area contributed by atoms with Gasteiger partial charge < -0.3 is 10.1 Å².